The van der Waals surface area contributed by atoms with Crippen LogP contribution in [0.25, 0.3) is 11.3 Å². The molecule has 2 aromatic heterocycles. The van der Waals surface area contributed by atoms with Crippen LogP contribution in [0.15, 0.2) is 23.0 Å². The maximum Gasteiger partial charge on any atom is 0.153 e. The van der Waals surface area contributed by atoms with Crippen LogP contribution in [0.1, 0.15) is 10.4 Å². The molecule has 0 N–H and O–H groups in total. The highest BCUT2D eigenvalue weighted by Crippen LogP contribution is 2.23. The Balaban J connectivity index is 2.27. The third kappa shape index (κ3) is 3.05. The van der Waals surface area contributed by atoms with Gasteiger partial charge in [-0.3, -0.25) is 9.48 Å². The molecule has 0 radical (unpaired) electrons. The number of nitrogens with zero attached hydrogens (tertiary/aromatic N) is 2. The van der Waals surface area contributed by atoms with Crippen molar-refractivity contribution in [3.63, 3.8) is 0 Å². The molecular formula is C11H12N2O3S2. The van der Waals surface area contributed by atoms with Crippen molar-refractivity contribution < 1.29 is 13.2 Å². The second-order valence-corrected chi connectivity index (χ2v) is 7.00. The topological polar surface area (TPSA) is 69.0 Å². The zero-order valence-corrected chi connectivity index (χ0v) is 11.4. The predicted molar refractivity (Wildman–Crippen MR) is 70.6 cm³/mol. The van der Waals surface area contributed by atoms with Gasteiger partial charge in [-0.1, -0.05) is 0 Å². The predicted octanol–water partition coefficient (Wildman–Crippen LogP) is 1.47. The Morgan fingerprint density at radius 3 is 2.83 bits per heavy atom. The number of rotatable bonds is 5. The Bertz CT molecular complexity index is 642. The molecule has 0 aromatic carbocycles. The summed E-state index contributed by atoms with van der Waals surface area (Å²) in [5, 5.41) is 8.06. The highest BCUT2D eigenvalue weighted by Gasteiger charge is 2.12. The first-order valence-corrected chi connectivity index (χ1v) is 8.23. The average Bonchev–Trinajstić information content (AvgIpc) is 2.94. The van der Waals surface area contributed by atoms with Crippen molar-refractivity contribution in [1.29, 1.82) is 0 Å². The summed E-state index contributed by atoms with van der Waals surface area (Å²) in [6, 6.07) is 1.88. The Kier molecular flexibility index (Phi) is 3.63. The van der Waals surface area contributed by atoms with Crippen LogP contribution in [0, 0.1) is 0 Å². The van der Waals surface area contributed by atoms with E-state index in [9.17, 15) is 13.2 Å². The SMILES string of the molecule is CS(=O)(=O)CCn1cc(C=O)c(-c2ccsc2)n1. The fourth-order valence-corrected chi connectivity index (χ4v) is 2.68. The molecule has 2 heterocycles. The number of aryl methyl sites for hydroxylation is 1. The minimum atomic E-state index is -3.03. The molecule has 0 saturated carbocycles. The van der Waals surface area contributed by atoms with Gasteiger partial charge in [-0.05, 0) is 11.4 Å². The molecule has 0 aliphatic rings. The molecule has 0 fully saturated rings. The molecule has 2 rings (SSSR count). The van der Waals surface area contributed by atoms with Crippen LogP contribution in [0.2, 0.25) is 0 Å². The van der Waals surface area contributed by atoms with E-state index in [0.29, 0.717) is 11.3 Å². The van der Waals surface area contributed by atoms with E-state index in [4.69, 9.17) is 0 Å². The van der Waals surface area contributed by atoms with Crippen LogP contribution in [0.5, 0.6) is 0 Å². The highest BCUT2D eigenvalue weighted by atomic mass is 32.2. The Hall–Kier alpha value is -1.47. The number of aromatic nitrogens is 2. The van der Waals surface area contributed by atoms with E-state index in [1.165, 1.54) is 22.3 Å². The molecule has 0 saturated heterocycles. The van der Waals surface area contributed by atoms with Gasteiger partial charge in [0.1, 0.15) is 15.5 Å². The summed E-state index contributed by atoms with van der Waals surface area (Å²) in [6.45, 7) is 0.254. The van der Waals surface area contributed by atoms with E-state index in [1.54, 1.807) is 6.20 Å². The molecule has 0 spiro atoms. The van der Waals surface area contributed by atoms with Gasteiger partial charge in [0, 0.05) is 23.4 Å². The van der Waals surface area contributed by atoms with Crippen molar-refractivity contribution in [3.05, 3.63) is 28.6 Å². The van der Waals surface area contributed by atoms with Gasteiger partial charge in [0.15, 0.2) is 6.29 Å². The van der Waals surface area contributed by atoms with E-state index in [0.717, 1.165) is 11.8 Å². The van der Waals surface area contributed by atoms with Gasteiger partial charge in [-0.15, -0.1) is 0 Å². The van der Waals surface area contributed by atoms with Crippen molar-refractivity contribution in [2.45, 2.75) is 6.54 Å². The van der Waals surface area contributed by atoms with Gasteiger partial charge < -0.3 is 0 Å². The van der Waals surface area contributed by atoms with E-state index >= 15 is 0 Å². The van der Waals surface area contributed by atoms with Crippen molar-refractivity contribution in [3.8, 4) is 11.3 Å². The lowest BCUT2D eigenvalue weighted by atomic mass is 10.2. The first-order valence-electron chi connectivity index (χ1n) is 5.22. The highest BCUT2D eigenvalue weighted by molar-refractivity contribution is 7.90. The number of aldehydes is 1. The smallest absolute Gasteiger partial charge is 0.153 e. The summed E-state index contributed by atoms with van der Waals surface area (Å²) in [6.07, 6.45) is 3.49. The van der Waals surface area contributed by atoms with Crippen molar-refractivity contribution in [2.24, 2.45) is 0 Å². The quantitative estimate of drug-likeness (QED) is 0.780. The van der Waals surface area contributed by atoms with Crippen molar-refractivity contribution >= 4 is 27.5 Å². The molecular weight excluding hydrogens is 272 g/mol. The molecule has 0 bridgehead atoms. The lowest BCUT2D eigenvalue weighted by Gasteiger charge is -1.98. The molecule has 7 heteroatoms. The van der Waals surface area contributed by atoms with Crippen LogP contribution >= 0.6 is 11.3 Å². The Labute approximate surface area is 109 Å². The fourth-order valence-electron chi connectivity index (χ4n) is 1.52. The van der Waals surface area contributed by atoms with Crippen molar-refractivity contribution in [1.82, 2.24) is 9.78 Å². The molecule has 0 aliphatic carbocycles. The van der Waals surface area contributed by atoms with Gasteiger partial charge in [0.05, 0.1) is 17.9 Å². The molecule has 0 atom stereocenters. The van der Waals surface area contributed by atoms with E-state index in [-0.39, 0.29) is 12.3 Å². The third-order valence-electron chi connectivity index (χ3n) is 2.40. The van der Waals surface area contributed by atoms with E-state index < -0.39 is 9.84 Å². The second-order valence-electron chi connectivity index (χ2n) is 3.96. The molecule has 0 amide bonds. The van der Waals surface area contributed by atoms with Gasteiger partial charge >= 0.3 is 0 Å². The standard InChI is InChI=1S/C11H12N2O3S2/c1-18(15,16)5-3-13-6-10(7-14)11(12-13)9-2-4-17-8-9/h2,4,6-8H,3,5H2,1H3. The van der Waals surface area contributed by atoms with Crippen LogP contribution < -0.4 is 0 Å². The summed E-state index contributed by atoms with van der Waals surface area (Å²) >= 11 is 1.52. The first kappa shape index (κ1) is 13.0. The number of thiophene rings is 1. The Morgan fingerprint density at radius 2 is 2.28 bits per heavy atom. The number of hydrogen-bond acceptors (Lipinski definition) is 5. The summed E-state index contributed by atoms with van der Waals surface area (Å²) < 4.78 is 23.7. The molecule has 0 aliphatic heterocycles. The maximum absolute atomic E-state index is 11.1. The zero-order chi connectivity index (χ0) is 13.2. The molecule has 5 nitrogen and oxygen atoms in total. The zero-order valence-electron chi connectivity index (χ0n) is 9.74. The molecule has 0 unspecified atom stereocenters. The number of sulfone groups is 1. The second kappa shape index (κ2) is 5.03. The maximum atomic E-state index is 11.1. The average molecular weight is 284 g/mol. The molecule has 96 valence electrons. The lowest BCUT2D eigenvalue weighted by Crippen LogP contribution is -2.11. The normalized spacial score (nSPS) is 11.6. The summed E-state index contributed by atoms with van der Waals surface area (Å²) in [4.78, 5) is 11.0. The largest absolute Gasteiger partial charge is 0.298 e. The van der Waals surface area contributed by atoms with E-state index in [2.05, 4.69) is 5.10 Å². The van der Waals surface area contributed by atoms with Gasteiger partial charge in [-0.25, -0.2) is 8.42 Å². The number of hydrogen-bond donors (Lipinski definition) is 0. The molecule has 18 heavy (non-hydrogen) atoms. The molecule has 2 aromatic rings. The van der Waals surface area contributed by atoms with Crippen LogP contribution in [0.3, 0.4) is 0 Å². The summed E-state index contributed by atoms with van der Waals surface area (Å²) in [5.74, 6) is 0.00997. The Morgan fingerprint density at radius 1 is 1.50 bits per heavy atom. The lowest BCUT2D eigenvalue weighted by molar-refractivity contribution is 0.112. The van der Waals surface area contributed by atoms with Gasteiger partial charge in [0.2, 0.25) is 0 Å². The van der Waals surface area contributed by atoms with Gasteiger partial charge in [0.25, 0.3) is 0 Å². The minimum Gasteiger partial charge on any atom is -0.298 e. The monoisotopic (exact) mass is 284 g/mol. The van der Waals surface area contributed by atoms with Crippen LogP contribution in [0.4, 0.5) is 0 Å². The number of carbonyl (C=O) groups excluding carboxylic acids is 1. The van der Waals surface area contributed by atoms with Gasteiger partial charge in [-0.2, -0.15) is 16.4 Å². The third-order valence-corrected chi connectivity index (χ3v) is 4.01. The van der Waals surface area contributed by atoms with Crippen molar-refractivity contribution in [2.75, 3.05) is 12.0 Å². The summed E-state index contributed by atoms with van der Waals surface area (Å²) in [7, 11) is -3.03. The fraction of sp³-hybridized carbons (Fsp3) is 0.273. The number of carbonyl (C=O) groups is 1. The van der Waals surface area contributed by atoms with E-state index in [1.807, 2.05) is 16.8 Å². The first-order chi connectivity index (χ1) is 8.49. The van der Waals surface area contributed by atoms with Crippen LogP contribution in [-0.2, 0) is 16.4 Å². The minimum absolute atomic E-state index is 0.00997. The summed E-state index contributed by atoms with van der Waals surface area (Å²) in [5.41, 5.74) is 1.95. The van der Waals surface area contributed by atoms with Crippen LogP contribution in [-0.4, -0.2) is 36.5 Å².